The second kappa shape index (κ2) is 9.39. The zero-order valence-corrected chi connectivity index (χ0v) is 18.9. The van der Waals surface area contributed by atoms with Gasteiger partial charge in [0.15, 0.2) is 0 Å². The molecule has 0 radical (unpaired) electrons. The average molecular weight is 438 g/mol. The smallest absolute Gasteiger partial charge is 0.253 e. The summed E-state index contributed by atoms with van der Waals surface area (Å²) in [6.07, 6.45) is 7.98. The van der Waals surface area contributed by atoms with Gasteiger partial charge in [0.2, 0.25) is 5.91 Å². The number of hydrogen-bond acceptors (Lipinski definition) is 3. The van der Waals surface area contributed by atoms with Gasteiger partial charge in [-0.05, 0) is 69.4 Å². The van der Waals surface area contributed by atoms with Crippen LogP contribution in [-0.2, 0) is 10.2 Å². The van der Waals surface area contributed by atoms with Crippen LogP contribution >= 0.6 is 0 Å². The third-order valence-electron chi connectivity index (χ3n) is 6.97. The Hall–Kier alpha value is -2.76. The van der Waals surface area contributed by atoms with E-state index in [4.69, 9.17) is 0 Å². The summed E-state index contributed by atoms with van der Waals surface area (Å²) in [5.41, 5.74) is 1.58. The topological polar surface area (TPSA) is 62.3 Å². The molecule has 2 aliphatic rings. The van der Waals surface area contributed by atoms with Gasteiger partial charge in [0.25, 0.3) is 5.91 Å². The number of hydrogen-bond donors (Lipinski definition) is 1. The fourth-order valence-electron chi connectivity index (χ4n) is 4.91. The molecule has 2 heterocycles. The molecule has 1 saturated carbocycles. The summed E-state index contributed by atoms with van der Waals surface area (Å²) in [4.78, 5) is 32.3. The highest BCUT2D eigenvalue weighted by Gasteiger charge is 2.36. The lowest BCUT2D eigenvalue weighted by molar-refractivity contribution is -0.137. The van der Waals surface area contributed by atoms with Crippen molar-refractivity contribution >= 4 is 11.8 Å². The maximum atomic E-state index is 13.3. The number of nitrogens with zero attached hydrogens (tertiary/aromatic N) is 2. The Morgan fingerprint density at radius 2 is 1.75 bits per heavy atom. The fourth-order valence-corrected chi connectivity index (χ4v) is 4.91. The van der Waals surface area contributed by atoms with Crippen molar-refractivity contribution < 1.29 is 14.0 Å². The molecule has 0 spiro atoms. The molecule has 32 heavy (non-hydrogen) atoms. The van der Waals surface area contributed by atoms with Crippen LogP contribution < -0.4 is 5.32 Å². The number of pyridine rings is 1. The third kappa shape index (κ3) is 4.84. The Morgan fingerprint density at radius 1 is 1.03 bits per heavy atom. The highest BCUT2D eigenvalue weighted by molar-refractivity contribution is 5.94. The van der Waals surface area contributed by atoms with Crippen LogP contribution in [0.2, 0.25) is 0 Å². The predicted octanol–water partition coefficient (Wildman–Crippen LogP) is 4.58. The second-order valence-corrected chi connectivity index (χ2v) is 9.65. The molecule has 2 aromatic rings. The van der Waals surface area contributed by atoms with E-state index in [1.807, 2.05) is 30.9 Å². The van der Waals surface area contributed by atoms with E-state index in [9.17, 15) is 14.0 Å². The molecule has 1 N–H and O–H groups in total. The van der Waals surface area contributed by atoms with E-state index in [2.05, 4.69) is 10.3 Å². The van der Waals surface area contributed by atoms with Crippen LogP contribution in [0.15, 0.2) is 42.6 Å². The van der Waals surface area contributed by atoms with Gasteiger partial charge in [-0.25, -0.2) is 4.39 Å². The number of carbonyl (C=O) groups is 2. The first kappa shape index (κ1) is 22.4. The van der Waals surface area contributed by atoms with Gasteiger partial charge in [0, 0.05) is 36.9 Å². The van der Waals surface area contributed by atoms with Crippen molar-refractivity contribution in [3.8, 4) is 0 Å². The largest absolute Gasteiger partial charge is 0.349 e. The molecule has 2 amide bonds. The predicted molar refractivity (Wildman–Crippen MR) is 122 cm³/mol. The van der Waals surface area contributed by atoms with Crippen LogP contribution in [-0.4, -0.2) is 40.8 Å². The molecule has 1 unspecified atom stereocenters. The molecule has 6 heteroatoms. The first-order valence-corrected chi connectivity index (χ1v) is 11.7. The quantitative estimate of drug-likeness (QED) is 0.745. The lowest BCUT2D eigenvalue weighted by Crippen LogP contribution is -2.47. The number of carbonyl (C=O) groups excluding carboxylic acids is 2. The zero-order valence-electron chi connectivity index (χ0n) is 18.9. The Labute approximate surface area is 189 Å². The zero-order chi connectivity index (χ0) is 22.7. The number of aromatic nitrogens is 1. The number of rotatable bonds is 5. The van der Waals surface area contributed by atoms with E-state index in [1.54, 1.807) is 18.3 Å². The van der Waals surface area contributed by atoms with Crippen LogP contribution in [0.3, 0.4) is 0 Å². The molecular formula is C26H32FN3O2. The Bertz CT molecular complexity index is 950. The molecule has 2 fully saturated rings. The number of amides is 2. The maximum Gasteiger partial charge on any atom is 0.253 e. The second-order valence-electron chi connectivity index (χ2n) is 9.65. The molecular weight excluding hydrogens is 405 g/mol. The summed E-state index contributed by atoms with van der Waals surface area (Å²) in [5, 5.41) is 3.10. The standard InChI is InChI=1S/C26H32FN3O2/c1-26(2,20-10-12-21(27)13-11-20)25(32)30-15-5-6-19(17-30)23-14-9-18(16-28-23)24(31)29-22-7-3-4-8-22/h9-14,16,19,22H,3-8,15,17H2,1-2H3,(H,29,31). The average Bonchev–Trinajstić information content (AvgIpc) is 3.32. The van der Waals surface area contributed by atoms with Gasteiger partial charge in [-0.2, -0.15) is 0 Å². The SMILES string of the molecule is CC(C)(C(=O)N1CCCC(c2ccc(C(=O)NC3CCCC3)cn2)C1)c1ccc(F)cc1. The van der Waals surface area contributed by atoms with Gasteiger partial charge in [0.1, 0.15) is 5.82 Å². The van der Waals surface area contributed by atoms with Crippen molar-refractivity contribution in [2.24, 2.45) is 0 Å². The van der Waals surface area contributed by atoms with Crippen LogP contribution in [0.4, 0.5) is 4.39 Å². The summed E-state index contributed by atoms with van der Waals surface area (Å²) >= 11 is 0. The van der Waals surface area contributed by atoms with Gasteiger partial charge in [-0.3, -0.25) is 14.6 Å². The molecule has 5 nitrogen and oxygen atoms in total. The Kier molecular flexibility index (Phi) is 6.58. The number of piperidine rings is 1. The van der Waals surface area contributed by atoms with Gasteiger partial charge in [-0.1, -0.05) is 25.0 Å². The summed E-state index contributed by atoms with van der Waals surface area (Å²) < 4.78 is 13.3. The molecule has 1 aromatic carbocycles. The van der Waals surface area contributed by atoms with Crippen molar-refractivity contribution in [3.63, 3.8) is 0 Å². The van der Waals surface area contributed by atoms with E-state index >= 15 is 0 Å². The minimum Gasteiger partial charge on any atom is -0.349 e. The van der Waals surface area contributed by atoms with Crippen molar-refractivity contribution in [2.75, 3.05) is 13.1 Å². The van der Waals surface area contributed by atoms with Gasteiger partial charge in [0.05, 0.1) is 11.0 Å². The van der Waals surface area contributed by atoms with E-state index in [-0.39, 0.29) is 29.6 Å². The molecule has 4 rings (SSSR count). The van der Waals surface area contributed by atoms with E-state index < -0.39 is 5.41 Å². The molecule has 1 saturated heterocycles. The van der Waals surface area contributed by atoms with Crippen molar-refractivity contribution in [1.29, 1.82) is 0 Å². The van der Waals surface area contributed by atoms with E-state index in [0.29, 0.717) is 18.7 Å². The maximum absolute atomic E-state index is 13.3. The highest BCUT2D eigenvalue weighted by Crippen LogP contribution is 2.31. The minimum absolute atomic E-state index is 0.0429. The van der Waals surface area contributed by atoms with Crippen LogP contribution in [0.5, 0.6) is 0 Å². The van der Waals surface area contributed by atoms with E-state index in [0.717, 1.165) is 36.9 Å². The molecule has 1 aliphatic carbocycles. The van der Waals surface area contributed by atoms with E-state index in [1.165, 1.54) is 25.0 Å². The Morgan fingerprint density at radius 3 is 2.41 bits per heavy atom. The summed E-state index contributed by atoms with van der Waals surface area (Å²) in [6, 6.07) is 10.2. The van der Waals surface area contributed by atoms with Crippen molar-refractivity contribution in [2.45, 2.75) is 69.7 Å². The molecule has 170 valence electrons. The summed E-state index contributed by atoms with van der Waals surface area (Å²) in [6.45, 7) is 5.09. The minimum atomic E-state index is -0.731. The number of benzene rings is 1. The Balaban J connectivity index is 1.41. The van der Waals surface area contributed by atoms with Crippen LogP contribution in [0.1, 0.15) is 79.9 Å². The highest BCUT2D eigenvalue weighted by atomic mass is 19.1. The summed E-state index contributed by atoms with van der Waals surface area (Å²) in [7, 11) is 0. The summed E-state index contributed by atoms with van der Waals surface area (Å²) in [5.74, 6) is -0.177. The monoisotopic (exact) mass is 437 g/mol. The lowest BCUT2D eigenvalue weighted by atomic mass is 9.82. The molecule has 0 bridgehead atoms. The van der Waals surface area contributed by atoms with Crippen molar-refractivity contribution in [1.82, 2.24) is 15.2 Å². The molecule has 1 atom stereocenters. The van der Waals surface area contributed by atoms with Gasteiger partial charge >= 0.3 is 0 Å². The van der Waals surface area contributed by atoms with Crippen molar-refractivity contribution in [3.05, 3.63) is 65.2 Å². The fraction of sp³-hybridized carbons (Fsp3) is 0.500. The lowest BCUT2D eigenvalue weighted by Gasteiger charge is -2.37. The molecule has 1 aromatic heterocycles. The number of likely N-dealkylation sites (tertiary alicyclic amines) is 1. The van der Waals surface area contributed by atoms with Crippen LogP contribution in [0, 0.1) is 5.82 Å². The number of nitrogens with one attached hydrogen (secondary N) is 1. The van der Waals surface area contributed by atoms with Gasteiger partial charge in [-0.15, -0.1) is 0 Å². The van der Waals surface area contributed by atoms with Gasteiger partial charge < -0.3 is 10.2 Å². The van der Waals surface area contributed by atoms with Crippen LogP contribution in [0.25, 0.3) is 0 Å². The molecule has 1 aliphatic heterocycles. The number of halogens is 1. The normalized spacial score (nSPS) is 19.7. The third-order valence-corrected chi connectivity index (χ3v) is 6.97. The first-order valence-electron chi connectivity index (χ1n) is 11.7. The first-order chi connectivity index (χ1) is 15.3.